The van der Waals surface area contributed by atoms with Crippen LogP contribution in [0.3, 0.4) is 0 Å². The lowest BCUT2D eigenvalue weighted by atomic mass is 9.62. The number of carbonyl (C=O) groups excluding carboxylic acids is 1. The molecule has 4 nitrogen and oxygen atoms in total. The number of allylic oxidation sites excluding steroid dienone is 1. The number of aromatic nitrogens is 1. The van der Waals surface area contributed by atoms with Crippen molar-refractivity contribution in [2.24, 2.45) is 29.6 Å². The van der Waals surface area contributed by atoms with Crippen LogP contribution in [-0.4, -0.2) is 16.9 Å². The van der Waals surface area contributed by atoms with Crippen LogP contribution in [0.1, 0.15) is 38.4 Å². The molecule has 4 rings (SSSR count). The lowest BCUT2D eigenvalue weighted by molar-refractivity contribution is -0.124. The van der Waals surface area contributed by atoms with Crippen LogP contribution in [0.25, 0.3) is 17.2 Å². The highest BCUT2D eigenvalue weighted by Crippen LogP contribution is 2.47. The maximum absolute atomic E-state index is 12.3. The molecule has 1 aromatic heterocycles. The van der Waals surface area contributed by atoms with Gasteiger partial charge in [-0.15, -0.1) is 0 Å². The van der Waals surface area contributed by atoms with Gasteiger partial charge in [-0.3, -0.25) is 9.78 Å². The summed E-state index contributed by atoms with van der Waals surface area (Å²) in [5.41, 5.74) is 3.40. The van der Waals surface area contributed by atoms with E-state index in [0.717, 1.165) is 23.2 Å². The Balaban J connectivity index is 1.57. The highest BCUT2D eigenvalue weighted by molar-refractivity contribution is 5.82. The van der Waals surface area contributed by atoms with Crippen LogP contribution in [-0.2, 0) is 4.79 Å². The Bertz CT molecular complexity index is 972. The van der Waals surface area contributed by atoms with Crippen LogP contribution in [0.2, 0.25) is 0 Å². The van der Waals surface area contributed by atoms with Crippen molar-refractivity contribution in [2.45, 2.75) is 33.2 Å². The molecule has 1 aromatic carbocycles. The zero-order valence-electron chi connectivity index (χ0n) is 17.2. The summed E-state index contributed by atoms with van der Waals surface area (Å²) in [5, 5.41) is 12.5. The number of nitriles is 1. The number of nitrogens with zero attached hydrogens (tertiary/aromatic N) is 2. The number of hydrogen-bond acceptors (Lipinski definition) is 3. The van der Waals surface area contributed by atoms with E-state index in [2.05, 4.69) is 49.3 Å². The van der Waals surface area contributed by atoms with Gasteiger partial charge in [0.2, 0.25) is 5.91 Å². The largest absolute Gasteiger partial charge is 0.353 e. The Morgan fingerprint density at radius 2 is 1.97 bits per heavy atom. The van der Waals surface area contributed by atoms with Crippen molar-refractivity contribution in [3.8, 4) is 17.2 Å². The van der Waals surface area contributed by atoms with Gasteiger partial charge in [0.1, 0.15) is 0 Å². The predicted molar refractivity (Wildman–Crippen MR) is 114 cm³/mol. The van der Waals surface area contributed by atoms with E-state index in [-0.39, 0.29) is 17.9 Å². The molecule has 2 aliphatic rings. The maximum atomic E-state index is 12.3. The van der Waals surface area contributed by atoms with Gasteiger partial charge in [-0.25, -0.2) is 0 Å². The molecule has 1 amide bonds. The third kappa shape index (κ3) is 3.58. The Hall–Kier alpha value is -2.93. The van der Waals surface area contributed by atoms with Crippen molar-refractivity contribution in [3.05, 3.63) is 59.9 Å². The van der Waals surface area contributed by atoms with Crippen LogP contribution in [0.15, 0.2) is 48.7 Å². The smallest absolute Gasteiger partial charge is 0.223 e. The summed E-state index contributed by atoms with van der Waals surface area (Å²) in [6.45, 7) is 6.70. The average molecular weight is 386 g/mol. The van der Waals surface area contributed by atoms with Gasteiger partial charge in [-0.2, -0.15) is 5.26 Å². The molecule has 2 heterocycles. The van der Waals surface area contributed by atoms with Crippen LogP contribution >= 0.6 is 0 Å². The summed E-state index contributed by atoms with van der Waals surface area (Å²) in [7, 11) is 0. The molecular weight excluding hydrogens is 358 g/mol. The fraction of sp³-hybridized carbons (Fsp3) is 0.400. The first-order valence-electron chi connectivity index (χ1n) is 10.4. The minimum Gasteiger partial charge on any atom is -0.353 e. The lowest BCUT2D eigenvalue weighted by Gasteiger charge is -2.41. The second-order valence-corrected chi connectivity index (χ2v) is 8.62. The number of pyridine rings is 1. The molecule has 0 radical (unpaired) electrons. The summed E-state index contributed by atoms with van der Waals surface area (Å²) < 4.78 is 0. The molecule has 2 aromatic rings. The second kappa shape index (κ2) is 7.83. The quantitative estimate of drug-likeness (QED) is 0.834. The van der Waals surface area contributed by atoms with Crippen LogP contribution in [0.4, 0.5) is 0 Å². The summed E-state index contributed by atoms with van der Waals surface area (Å²) in [6, 6.07) is 14.0. The van der Waals surface area contributed by atoms with E-state index in [1.54, 1.807) is 0 Å². The molecule has 1 saturated heterocycles. The van der Waals surface area contributed by atoms with E-state index < -0.39 is 0 Å². The van der Waals surface area contributed by atoms with Gasteiger partial charge < -0.3 is 5.32 Å². The zero-order chi connectivity index (χ0) is 20.5. The van der Waals surface area contributed by atoms with Crippen molar-refractivity contribution in [2.75, 3.05) is 0 Å². The number of rotatable bonds is 3. The molecule has 4 heteroatoms. The number of nitrogens with one attached hydrogen (secondary N) is 1. The van der Waals surface area contributed by atoms with Gasteiger partial charge in [-0.1, -0.05) is 44.2 Å². The van der Waals surface area contributed by atoms with E-state index >= 15 is 0 Å². The Morgan fingerprint density at radius 3 is 2.69 bits per heavy atom. The van der Waals surface area contributed by atoms with Gasteiger partial charge in [0.15, 0.2) is 0 Å². The molecular formula is C25H27N3O. The first-order chi connectivity index (χ1) is 14.0. The number of benzene rings is 1. The second-order valence-electron chi connectivity index (χ2n) is 8.62. The normalized spacial score (nSPS) is 31.3. The molecule has 148 valence electrons. The Labute approximate surface area is 172 Å². The molecule has 29 heavy (non-hydrogen) atoms. The maximum Gasteiger partial charge on any atom is 0.223 e. The summed E-state index contributed by atoms with van der Waals surface area (Å²) >= 11 is 0. The SMILES string of the molecule is C[C@H]1[C@H](/C=C/c2ccc(-c3ccccc3C#N)cn2)[C@@H]2[C@@H](C)NC(=O)[C@@H]2C[C@@H]1C. The van der Waals surface area contributed by atoms with Gasteiger partial charge in [0.25, 0.3) is 0 Å². The predicted octanol–water partition coefficient (Wildman–Crippen LogP) is 4.68. The molecule has 1 aliphatic heterocycles. The van der Waals surface area contributed by atoms with Crippen molar-refractivity contribution < 1.29 is 4.79 Å². The standard InChI is InChI=1S/C25H27N3O/c1-15-12-23-24(17(3)28-25(23)29)21(16(15)2)11-10-20-9-8-19(14-27-20)22-7-5-4-6-18(22)13-26/h4-11,14-17,21,23-24H,12H2,1-3H3,(H,28,29)/b11-10+/t15-,16+,17+,21-,23+,24-/m0/s1. The summed E-state index contributed by atoms with van der Waals surface area (Å²) in [5.74, 6) is 2.12. The Kier molecular flexibility index (Phi) is 5.24. The average Bonchev–Trinajstić information content (AvgIpc) is 3.01. The van der Waals surface area contributed by atoms with E-state index in [0.29, 0.717) is 29.2 Å². The molecule has 0 spiro atoms. The monoisotopic (exact) mass is 385 g/mol. The molecule has 0 bridgehead atoms. The molecule has 6 atom stereocenters. The van der Waals surface area contributed by atoms with E-state index in [1.165, 1.54) is 0 Å². The van der Waals surface area contributed by atoms with Crippen LogP contribution < -0.4 is 5.32 Å². The summed E-state index contributed by atoms with van der Waals surface area (Å²) in [4.78, 5) is 16.9. The molecule has 2 fully saturated rings. The minimum absolute atomic E-state index is 0.128. The third-order valence-electron chi connectivity index (χ3n) is 6.96. The van der Waals surface area contributed by atoms with Crippen molar-refractivity contribution in [1.82, 2.24) is 10.3 Å². The lowest BCUT2D eigenvalue weighted by Crippen LogP contribution is -2.39. The fourth-order valence-corrected chi connectivity index (χ4v) is 5.17. The molecule has 0 unspecified atom stereocenters. The highest BCUT2D eigenvalue weighted by atomic mass is 16.2. The molecule has 1 saturated carbocycles. The van der Waals surface area contributed by atoms with E-state index in [1.807, 2.05) is 42.6 Å². The highest BCUT2D eigenvalue weighted by Gasteiger charge is 2.49. The van der Waals surface area contributed by atoms with Crippen molar-refractivity contribution in [3.63, 3.8) is 0 Å². The fourth-order valence-electron chi connectivity index (χ4n) is 5.17. The first kappa shape index (κ1) is 19.4. The number of fused-ring (bicyclic) bond motifs is 1. The van der Waals surface area contributed by atoms with E-state index in [4.69, 9.17) is 0 Å². The van der Waals surface area contributed by atoms with Crippen LogP contribution in [0.5, 0.6) is 0 Å². The molecule has 1 aliphatic carbocycles. The first-order valence-corrected chi connectivity index (χ1v) is 10.4. The third-order valence-corrected chi connectivity index (χ3v) is 6.96. The Morgan fingerprint density at radius 1 is 1.17 bits per heavy atom. The number of hydrogen-bond donors (Lipinski definition) is 1. The topological polar surface area (TPSA) is 65.8 Å². The van der Waals surface area contributed by atoms with Crippen molar-refractivity contribution >= 4 is 12.0 Å². The van der Waals surface area contributed by atoms with Gasteiger partial charge in [0.05, 0.1) is 17.3 Å². The van der Waals surface area contributed by atoms with Gasteiger partial charge >= 0.3 is 0 Å². The van der Waals surface area contributed by atoms with Gasteiger partial charge in [-0.05, 0) is 55.2 Å². The number of amides is 1. The van der Waals surface area contributed by atoms with Crippen molar-refractivity contribution in [1.29, 1.82) is 5.26 Å². The summed E-state index contributed by atoms with van der Waals surface area (Å²) in [6.07, 6.45) is 7.16. The number of carbonyl (C=O) groups is 1. The van der Waals surface area contributed by atoms with Gasteiger partial charge in [0, 0.05) is 29.3 Å². The van der Waals surface area contributed by atoms with Crippen LogP contribution in [0, 0.1) is 40.9 Å². The minimum atomic E-state index is 0.128. The van der Waals surface area contributed by atoms with E-state index in [9.17, 15) is 10.1 Å². The molecule has 1 N–H and O–H groups in total. The zero-order valence-corrected chi connectivity index (χ0v) is 17.2.